The Kier molecular flexibility index (Phi) is 13.1. The van der Waals surface area contributed by atoms with Gasteiger partial charge in [0.25, 0.3) is 0 Å². The van der Waals surface area contributed by atoms with Crippen LogP contribution in [-0.4, -0.2) is 37.5 Å². The van der Waals surface area contributed by atoms with E-state index in [0.717, 1.165) is 22.8 Å². The summed E-state index contributed by atoms with van der Waals surface area (Å²) in [5.74, 6) is 0. The molecular formula is C24H28Br2N4RuSi2. The topological polar surface area (TPSA) is 51.6 Å². The molecule has 4 aromatic rings. The maximum absolute atomic E-state index is 4.44. The van der Waals surface area contributed by atoms with Crippen LogP contribution in [0.5, 0.6) is 0 Å². The van der Waals surface area contributed by atoms with Crippen LogP contribution in [-0.2, 0) is 13.2 Å². The number of pyridine rings is 4. The van der Waals surface area contributed by atoms with Gasteiger partial charge >= 0.3 is 40.5 Å². The average Bonchev–Trinajstić information content (AvgIpc) is 2.86. The predicted octanol–water partition coefficient (Wildman–Crippen LogP) is 5.36. The van der Waals surface area contributed by atoms with Gasteiger partial charge in [-0.25, -0.2) is 0 Å². The standard InChI is InChI=1S/2C12H14N2Si.2BrH.Ru/c2*1-15(2)10-6-7-12(14-9-10)11-5-3-4-8-13-11;;;/h2*3-9,15H,1-2H3;2*1H;/q;;;;+2/p-2. The molecule has 0 aliphatic rings. The van der Waals surface area contributed by atoms with Crippen LogP contribution in [0.15, 0.2) is 85.5 Å². The van der Waals surface area contributed by atoms with Crippen LogP contribution in [0.3, 0.4) is 0 Å². The fourth-order valence-corrected chi connectivity index (χ4v) is 4.53. The van der Waals surface area contributed by atoms with E-state index in [0.29, 0.717) is 13.2 Å². The van der Waals surface area contributed by atoms with Crippen molar-refractivity contribution in [1.29, 1.82) is 0 Å². The van der Waals surface area contributed by atoms with Crippen molar-refractivity contribution < 1.29 is 13.2 Å². The Morgan fingerprint density at radius 3 is 1.15 bits per heavy atom. The van der Waals surface area contributed by atoms with E-state index in [4.69, 9.17) is 0 Å². The first-order chi connectivity index (χ1) is 16.0. The second-order valence-corrected chi connectivity index (χ2v) is 21.7. The van der Waals surface area contributed by atoms with Crippen molar-refractivity contribution >= 4 is 55.2 Å². The van der Waals surface area contributed by atoms with Crippen molar-refractivity contribution in [1.82, 2.24) is 19.9 Å². The third-order valence-electron chi connectivity index (χ3n) is 4.76. The SMILES string of the molecule is C[SiH](C)c1ccc(-c2ccccn2)nc1.C[SiH](C)c1ccc(-c2ccccn2)nc1.[Br][Ru][Br]. The van der Waals surface area contributed by atoms with Crippen LogP contribution in [0.4, 0.5) is 0 Å². The molecule has 0 fully saturated rings. The molecule has 0 amide bonds. The van der Waals surface area contributed by atoms with Gasteiger partial charge in [0.15, 0.2) is 0 Å². The zero-order valence-corrected chi connectivity index (χ0v) is 26.4. The molecule has 4 nitrogen and oxygen atoms in total. The maximum atomic E-state index is 4.44. The molecule has 0 saturated carbocycles. The summed E-state index contributed by atoms with van der Waals surface area (Å²) in [6.45, 7) is 9.21. The van der Waals surface area contributed by atoms with E-state index in [1.54, 1.807) is 12.4 Å². The van der Waals surface area contributed by atoms with Gasteiger partial charge < -0.3 is 0 Å². The fraction of sp³-hybridized carbons (Fsp3) is 0.167. The molecule has 0 bridgehead atoms. The van der Waals surface area contributed by atoms with Crippen molar-refractivity contribution in [3.63, 3.8) is 0 Å². The summed E-state index contributed by atoms with van der Waals surface area (Å²) in [6.07, 6.45) is 7.56. The summed E-state index contributed by atoms with van der Waals surface area (Å²) in [4.78, 5) is 17.4. The summed E-state index contributed by atoms with van der Waals surface area (Å²) < 4.78 is 0. The van der Waals surface area contributed by atoms with E-state index >= 15 is 0 Å². The van der Waals surface area contributed by atoms with Crippen LogP contribution in [0.2, 0.25) is 26.2 Å². The zero-order chi connectivity index (χ0) is 24.1. The average molecular weight is 690 g/mol. The third kappa shape index (κ3) is 9.79. The van der Waals surface area contributed by atoms with Crippen LogP contribution in [0, 0.1) is 0 Å². The van der Waals surface area contributed by atoms with E-state index < -0.39 is 17.6 Å². The van der Waals surface area contributed by atoms with Crippen molar-refractivity contribution in [2.45, 2.75) is 26.2 Å². The van der Waals surface area contributed by atoms with Gasteiger partial charge in [0.1, 0.15) is 0 Å². The summed E-state index contributed by atoms with van der Waals surface area (Å²) >= 11 is 6.64. The number of halogens is 2. The van der Waals surface area contributed by atoms with Gasteiger partial charge in [-0.1, -0.05) is 50.5 Å². The first kappa shape index (κ1) is 27.9. The summed E-state index contributed by atoms with van der Waals surface area (Å²) in [7, 11) is -1.45. The van der Waals surface area contributed by atoms with Crippen molar-refractivity contribution in [2.75, 3.05) is 0 Å². The summed E-state index contributed by atoms with van der Waals surface area (Å²) in [5.41, 5.74) is 3.78. The normalized spacial score (nSPS) is 10.3. The molecular weight excluding hydrogens is 661 g/mol. The van der Waals surface area contributed by atoms with Crippen LogP contribution in [0.25, 0.3) is 22.8 Å². The van der Waals surface area contributed by atoms with Gasteiger partial charge in [-0.3, -0.25) is 19.9 Å². The van der Waals surface area contributed by atoms with Gasteiger partial charge in [-0.05, 0) is 46.8 Å². The summed E-state index contributed by atoms with van der Waals surface area (Å²) in [5, 5.41) is 2.80. The molecule has 0 atom stereocenters. The molecule has 0 spiro atoms. The first-order valence-electron chi connectivity index (χ1n) is 10.6. The van der Waals surface area contributed by atoms with E-state index in [1.807, 2.05) is 48.8 Å². The minimum atomic E-state index is -0.726. The number of hydrogen-bond donors (Lipinski definition) is 0. The molecule has 0 aromatic carbocycles. The van der Waals surface area contributed by atoms with Gasteiger partial charge in [-0.15, -0.1) is 0 Å². The molecule has 4 aromatic heterocycles. The number of rotatable bonds is 4. The second-order valence-electron chi connectivity index (χ2n) is 7.74. The molecule has 4 heterocycles. The fourth-order valence-electron chi connectivity index (χ4n) is 2.83. The van der Waals surface area contributed by atoms with Crippen molar-refractivity contribution in [3.8, 4) is 22.8 Å². The number of nitrogens with zero attached hydrogens (tertiary/aromatic N) is 4. The Bertz CT molecular complexity index is 966. The Labute approximate surface area is 221 Å². The monoisotopic (exact) mass is 688 g/mol. The Morgan fingerprint density at radius 1 is 0.545 bits per heavy atom. The van der Waals surface area contributed by atoms with Crippen LogP contribution < -0.4 is 10.4 Å². The van der Waals surface area contributed by atoms with Crippen molar-refractivity contribution in [3.05, 3.63) is 85.5 Å². The van der Waals surface area contributed by atoms with Gasteiger partial charge in [0.05, 0.1) is 40.4 Å². The number of aromatic nitrogens is 4. The molecule has 174 valence electrons. The van der Waals surface area contributed by atoms with Gasteiger partial charge in [-0.2, -0.15) is 0 Å². The number of hydrogen-bond acceptors (Lipinski definition) is 4. The minimum absolute atomic E-state index is 0.335. The van der Waals surface area contributed by atoms with Crippen LogP contribution in [0.1, 0.15) is 0 Å². The molecule has 0 saturated heterocycles. The molecule has 0 aliphatic heterocycles. The van der Waals surface area contributed by atoms with E-state index in [-0.39, 0.29) is 0 Å². The Balaban J connectivity index is 0.000000209. The molecule has 0 aliphatic carbocycles. The van der Waals surface area contributed by atoms with Gasteiger partial charge in [0, 0.05) is 24.8 Å². The van der Waals surface area contributed by atoms with Crippen LogP contribution >= 0.6 is 27.2 Å². The molecule has 9 heteroatoms. The molecule has 4 rings (SSSR count). The molecule has 0 unspecified atom stereocenters. The summed E-state index contributed by atoms with van der Waals surface area (Å²) in [6, 6.07) is 20.2. The quantitative estimate of drug-likeness (QED) is 0.271. The molecule has 33 heavy (non-hydrogen) atoms. The zero-order valence-electron chi connectivity index (χ0n) is 19.1. The second kappa shape index (κ2) is 15.5. The molecule has 0 N–H and O–H groups in total. The predicted molar refractivity (Wildman–Crippen MR) is 150 cm³/mol. The Morgan fingerprint density at radius 2 is 0.909 bits per heavy atom. The van der Waals surface area contributed by atoms with Crippen molar-refractivity contribution in [2.24, 2.45) is 0 Å². The van der Waals surface area contributed by atoms with E-state index in [1.165, 1.54) is 10.4 Å². The van der Waals surface area contributed by atoms with Gasteiger partial charge in [0.2, 0.25) is 0 Å². The Hall–Kier alpha value is -1.38. The first-order valence-corrected chi connectivity index (χ1v) is 24.3. The van der Waals surface area contributed by atoms with E-state index in [2.05, 4.69) is 97.6 Å². The van der Waals surface area contributed by atoms with E-state index in [9.17, 15) is 0 Å². The third-order valence-corrected chi connectivity index (χ3v) is 8.11. The molecule has 0 radical (unpaired) electrons.